The molecule has 0 aliphatic rings. The fourth-order valence-corrected chi connectivity index (χ4v) is 2.57. The number of fused-ring (bicyclic) bond motifs is 1. The molecule has 0 bridgehead atoms. The van der Waals surface area contributed by atoms with Gasteiger partial charge in [0.2, 0.25) is 5.15 Å². The van der Waals surface area contributed by atoms with E-state index in [9.17, 15) is 10.1 Å². The molecule has 106 valence electrons. The van der Waals surface area contributed by atoms with Gasteiger partial charge in [0, 0.05) is 10.9 Å². The Morgan fingerprint density at radius 3 is 2.70 bits per heavy atom. The molecule has 6 heteroatoms. The fraction of sp³-hybridized carbons (Fsp3) is 0.357. The standard InChI is InChI=1S/C14H16ClN3O2/c15-14-13(18(19)20)11(7-2-1-5-9-16)10-6-3-4-8-12(10)17-14/h3-4,6,8H,1-2,5,7,9,16H2. The van der Waals surface area contributed by atoms with Crippen LogP contribution in [-0.4, -0.2) is 16.5 Å². The average molecular weight is 294 g/mol. The van der Waals surface area contributed by atoms with Gasteiger partial charge in [0.1, 0.15) is 0 Å². The molecule has 0 saturated heterocycles. The van der Waals surface area contributed by atoms with E-state index in [0.29, 0.717) is 24.0 Å². The van der Waals surface area contributed by atoms with Crippen LogP contribution in [0.1, 0.15) is 24.8 Å². The predicted octanol–water partition coefficient (Wildman–Crippen LogP) is 3.47. The molecule has 0 unspecified atom stereocenters. The molecule has 0 amide bonds. The van der Waals surface area contributed by atoms with Crippen molar-refractivity contribution in [3.05, 3.63) is 45.1 Å². The predicted molar refractivity (Wildman–Crippen MR) is 80.0 cm³/mol. The minimum Gasteiger partial charge on any atom is -0.330 e. The average Bonchev–Trinajstić information content (AvgIpc) is 2.42. The minimum atomic E-state index is -0.444. The number of hydrogen-bond acceptors (Lipinski definition) is 4. The number of hydrogen-bond donors (Lipinski definition) is 1. The smallest absolute Gasteiger partial charge is 0.310 e. The summed E-state index contributed by atoms with van der Waals surface area (Å²) in [6, 6.07) is 7.36. The van der Waals surface area contributed by atoms with Gasteiger partial charge in [0.15, 0.2) is 0 Å². The van der Waals surface area contributed by atoms with Crippen LogP contribution in [0.5, 0.6) is 0 Å². The Bertz CT molecular complexity index is 631. The van der Waals surface area contributed by atoms with Crippen LogP contribution in [0.4, 0.5) is 5.69 Å². The van der Waals surface area contributed by atoms with Gasteiger partial charge in [0.25, 0.3) is 0 Å². The Morgan fingerprint density at radius 2 is 2.00 bits per heavy atom. The van der Waals surface area contributed by atoms with E-state index in [1.165, 1.54) is 0 Å². The Balaban J connectivity index is 2.46. The van der Waals surface area contributed by atoms with Crippen molar-refractivity contribution in [3.8, 4) is 0 Å². The molecule has 0 radical (unpaired) electrons. The second-order valence-corrected chi connectivity index (χ2v) is 4.96. The summed E-state index contributed by atoms with van der Waals surface area (Å²) in [5.41, 5.74) is 6.75. The van der Waals surface area contributed by atoms with E-state index in [4.69, 9.17) is 17.3 Å². The van der Waals surface area contributed by atoms with E-state index >= 15 is 0 Å². The molecule has 5 nitrogen and oxygen atoms in total. The van der Waals surface area contributed by atoms with E-state index in [0.717, 1.165) is 24.6 Å². The number of halogens is 1. The zero-order valence-electron chi connectivity index (χ0n) is 11.0. The number of unbranched alkanes of at least 4 members (excludes halogenated alkanes) is 2. The van der Waals surface area contributed by atoms with Crippen molar-refractivity contribution < 1.29 is 4.92 Å². The van der Waals surface area contributed by atoms with Crippen LogP contribution >= 0.6 is 11.6 Å². The fourth-order valence-electron chi connectivity index (χ4n) is 2.30. The van der Waals surface area contributed by atoms with Crippen molar-refractivity contribution >= 4 is 28.2 Å². The zero-order chi connectivity index (χ0) is 14.5. The highest BCUT2D eigenvalue weighted by molar-refractivity contribution is 6.32. The summed E-state index contributed by atoms with van der Waals surface area (Å²) in [5.74, 6) is 0. The van der Waals surface area contributed by atoms with Gasteiger partial charge in [-0.3, -0.25) is 10.1 Å². The first-order chi connectivity index (χ1) is 9.65. The quantitative estimate of drug-likeness (QED) is 0.383. The largest absolute Gasteiger partial charge is 0.330 e. The van der Waals surface area contributed by atoms with Gasteiger partial charge in [-0.15, -0.1) is 0 Å². The maximum atomic E-state index is 11.2. The van der Waals surface area contributed by atoms with E-state index in [2.05, 4.69) is 4.98 Å². The lowest BCUT2D eigenvalue weighted by Crippen LogP contribution is -2.02. The van der Waals surface area contributed by atoms with Gasteiger partial charge in [-0.2, -0.15) is 0 Å². The highest BCUT2D eigenvalue weighted by Gasteiger charge is 2.22. The zero-order valence-corrected chi connectivity index (χ0v) is 11.8. The summed E-state index contributed by atoms with van der Waals surface area (Å²) in [6.45, 7) is 0.639. The number of aromatic nitrogens is 1. The van der Waals surface area contributed by atoms with E-state index < -0.39 is 4.92 Å². The maximum Gasteiger partial charge on any atom is 0.310 e. The third-order valence-corrected chi connectivity index (χ3v) is 3.51. The molecule has 0 spiro atoms. The van der Waals surface area contributed by atoms with Crippen LogP contribution in [-0.2, 0) is 6.42 Å². The molecule has 2 N–H and O–H groups in total. The number of rotatable bonds is 6. The highest BCUT2D eigenvalue weighted by atomic mass is 35.5. The van der Waals surface area contributed by atoms with Gasteiger partial charge in [-0.05, 0) is 31.9 Å². The molecule has 0 atom stereocenters. The lowest BCUT2D eigenvalue weighted by Gasteiger charge is -2.08. The van der Waals surface area contributed by atoms with Crippen LogP contribution < -0.4 is 5.73 Å². The molecule has 20 heavy (non-hydrogen) atoms. The van der Waals surface area contributed by atoms with Crippen LogP contribution in [0.25, 0.3) is 10.9 Å². The molecular formula is C14H16ClN3O2. The van der Waals surface area contributed by atoms with Crippen molar-refractivity contribution in [1.82, 2.24) is 4.98 Å². The van der Waals surface area contributed by atoms with Gasteiger partial charge in [-0.1, -0.05) is 36.2 Å². The Morgan fingerprint density at radius 1 is 1.25 bits per heavy atom. The van der Waals surface area contributed by atoms with Crippen molar-refractivity contribution in [2.45, 2.75) is 25.7 Å². The molecule has 1 aromatic carbocycles. The summed E-state index contributed by atoms with van der Waals surface area (Å²) in [6.07, 6.45) is 3.33. The van der Waals surface area contributed by atoms with E-state index in [1.54, 1.807) is 0 Å². The molecule has 2 aromatic rings. The van der Waals surface area contributed by atoms with Crippen molar-refractivity contribution in [2.24, 2.45) is 5.73 Å². The van der Waals surface area contributed by atoms with Gasteiger partial charge in [-0.25, -0.2) is 4.98 Å². The Hall–Kier alpha value is -1.72. The van der Waals surface area contributed by atoms with Crippen LogP contribution in [0.3, 0.4) is 0 Å². The first kappa shape index (κ1) is 14.7. The summed E-state index contributed by atoms with van der Waals surface area (Å²) in [7, 11) is 0. The van der Waals surface area contributed by atoms with E-state index in [1.807, 2.05) is 24.3 Å². The summed E-state index contributed by atoms with van der Waals surface area (Å²) in [5, 5.41) is 12.0. The number of aryl methyl sites for hydroxylation is 1. The van der Waals surface area contributed by atoms with Gasteiger partial charge in [0.05, 0.1) is 10.4 Å². The molecule has 2 rings (SSSR count). The number of nitro groups is 1. The minimum absolute atomic E-state index is 0.0393. The summed E-state index contributed by atoms with van der Waals surface area (Å²) in [4.78, 5) is 14.9. The normalized spacial score (nSPS) is 10.9. The summed E-state index contributed by atoms with van der Waals surface area (Å²) < 4.78 is 0. The van der Waals surface area contributed by atoms with Crippen molar-refractivity contribution in [1.29, 1.82) is 0 Å². The monoisotopic (exact) mass is 293 g/mol. The van der Waals surface area contributed by atoms with Crippen molar-refractivity contribution in [2.75, 3.05) is 6.54 Å². The number of para-hydroxylation sites is 1. The first-order valence-corrected chi connectivity index (χ1v) is 6.94. The third kappa shape index (κ3) is 3.05. The Kier molecular flexibility index (Phi) is 4.87. The number of benzene rings is 1. The molecule has 1 aromatic heterocycles. The topological polar surface area (TPSA) is 82.0 Å². The summed E-state index contributed by atoms with van der Waals surface area (Å²) >= 11 is 5.97. The molecule has 0 saturated carbocycles. The highest BCUT2D eigenvalue weighted by Crippen LogP contribution is 2.33. The third-order valence-electron chi connectivity index (χ3n) is 3.24. The Labute approximate surface area is 121 Å². The SMILES string of the molecule is NCCCCCc1c([N+](=O)[O-])c(Cl)nc2ccccc12. The maximum absolute atomic E-state index is 11.2. The van der Waals surface area contributed by atoms with Crippen molar-refractivity contribution in [3.63, 3.8) is 0 Å². The lowest BCUT2D eigenvalue weighted by molar-refractivity contribution is -0.385. The number of pyridine rings is 1. The second kappa shape index (κ2) is 6.63. The molecular weight excluding hydrogens is 278 g/mol. The number of nitrogens with two attached hydrogens (primary N) is 1. The molecule has 0 fully saturated rings. The lowest BCUT2D eigenvalue weighted by atomic mass is 10.0. The van der Waals surface area contributed by atoms with Gasteiger partial charge < -0.3 is 5.73 Å². The molecule has 1 heterocycles. The van der Waals surface area contributed by atoms with Crippen LogP contribution in [0.2, 0.25) is 5.15 Å². The first-order valence-electron chi connectivity index (χ1n) is 6.56. The second-order valence-electron chi connectivity index (χ2n) is 4.60. The molecule has 0 aliphatic carbocycles. The molecule has 0 aliphatic heterocycles. The van der Waals surface area contributed by atoms with Crippen LogP contribution in [0, 0.1) is 10.1 Å². The van der Waals surface area contributed by atoms with Gasteiger partial charge >= 0.3 is 5.69 Å². The van der Waals surface area contributed by atoms with Crippen LogP contribution in [0.15, 0.2) is 24.3 Å². The van der Waals surface area contributed by atoms with E-state index in [-0.39, 0.29) is 10.8 Å². The number of nitrogens with zero attached hydrogens (tertiary/aromatic N) is 2.